The second-order valence-electron chi connectivity index (χ2n) is 5.51. The van der Waals surface area contributed by atoms with E-state index in [0.29, 0.717) is 11.8 Å². The summed E-state index contributed by atoms with van der Waals surface area (Å²) >= 11 is -0.278. The van der Waals surface area contributed by atoms with E-state index in [1.165, 1.54) is 0 Å². The van der Waals surface area contributed by atoms with Crippen LogP contribution in [0.4, 0.5) is 13.2 Å². The molecule has 0 radical (unpaired) electrons. The van der Waals surface area contributed by atoms with Gasteiger partial charge in [-0.2, -0.15) is 13.2 Å². The molecule has 2 atom stereocenters. The van der Waals surface area contributed by atoms with Gasteiger partial charge in [0, 0.05) is 12.1 Å². The van der Waals surface area contributed by atoms with Crippen LogP contribution in [-0.2, 0) is 4.79 Å². The summed E-state index contributed by atoms with van der Waals surface area (Å²) in [5, 5.41) is 2.80. The molecule has 2 aliphatic rings. The van der Waals surface area contributed by atoms with Crippen molar-refractivity contribution in [1.29, 1.82) is 0 Å². The number of nitrogens with two attached hydrogens (primary N) is 1. The van der Waals surface area contributed by atoms with Crippen LogP contribution in [0, 0.1) is 11.8 Å². The van der Waals surface area contributed by atoms with E-state index < -0.39 is 17.2 Å². The highest BCUT2D eigenvalue weighted by atomic mass is 32.2. The van der Waals surface area contributed by atoms with Gasteiger partial charge in [-0.15, -0.1) is 0 Å². The van der Waals surface area contributed by atoms with Gasteiger partial charge in [-0.25, -0.2) is 0 Å². The fourth-order valence-electron chi connectivity index (χ4n) is 3.40. The molecule has 0 aromatic heterocycles. The molecule has 0 aromatic carbocycles. The van der Waals surface area contributed by atoms with E-state index in [-0.39, 0.29) is 23.8 Å². The van der Waals surface area contributed by atoms with Gasteiger partial charge >= 0.3 is 5.51 Å². The van der Waals surface area contributed by atoms with Crippen molar-refractivity contribution in [2.24, 2.45) is 17.6 Å². The van der Waals surface area contributed by atoms with Gasteiger partial charge in [-0.3, -0.25) is 4.79 Å². The Balaban J connectivity index is 1.86. The highest BCUT2D eigenvalue weighted by molar-refractivity contribution is 8.00. The zero-order chi connectivity index (χ0) is 14.0. The number of halogens is 3. The van der Waals surface area contributed by atoms with E-state index in [1.807, 2.05) is 0 Å². The van der Waals surface area contributed by atoms with Gasteiger partial charge in [-0.1, -0.05) is 6.42 Å². The van der Waals surface area contributed by atoms with E-state index >= 15 is 0 Å². The lowest BCUT2D eigenvalue weighted by Gasteiger charge is -2.45. The SMILES string of the molecule is NC1CC2CCCC(C1)C2NC(=O)CSC(F)(F)F. The van der Waals surface area contributed by atoms with Gasteiger partial charge in [0.15, 0.2) is 0 Å². The van der Waals surface area contributed by atoms with Crippen LogP contribution in [0.5, 0.6) is 0 Å². The number of thioether (sulfide) groups is 1. The zero-order valence-electron chi connectivity index (χ0n) is 10.6. The Morgan fingerprint density at radius 1 is 1.26 bits per heavy atom. The number of amides is 1. The summed E-state index contributed by atoms with van der Waals surface area (Å²) in [6.45, 7) is 0. The molecule has 0 saturated heterocycles. The van der Waals surface area contributed by atoms with Gasteiger partial charge in [-0.05, 0) is 49.3 Å². The zero-order valence-corrected chi connectivity index (χ0v) is 11.4. The van der Waals surface area contributed by atoms with E-state index in [4.69, 9.17) is 5.73 Å². The molecule has 7 heteroatoms. The van der Waals surface area contributed by atoms with E-state index in [0.717, 1.165) is 32.1 Å². The molecule has 19 heavy (non-hydrogen) atoms. The van der Waals surface area contributed by atoms with Crippen LogP contribution in [0.1, 0.15) is 32.1 Å². The number of carbonyl (C=O) groups is 1. The van der Waals surface area contributed by atoms with Crippen molar-refractivity contribution < 1.29 is 18.0 Å². The largest absolute Gasteiger partial charge is 0.442 e. The minimum atomic E-state index is -4.35. The van der Waals surface area contributed by atoms with E-state index in [2.05, 4.69) is 5.32 Å². The quantitative estimate of drug-likeness (QED) is 0.840. The van der Waals surface area contributed by atoms with Crippen molar-refractivity contribution in [3.63, 3.8) is 0 Å². The van der Waals surface area contributed by atoms with Crippen LogP contribution in [0.3, 0.4) is 0 Å². The van der Waals surface area contributed by atoms with Crippen molar-refractivity contribution in [2.45, 2.75) is 49.7 Å². The van der Waals surface area contributed by atoms with E-state index in [9.17, 15) is 18.0 Å². The van der Waals surface area contributed by atoms with Gasteiger partial charge in [0.25, 0.3) is 0 Å². The number of hydrogen-bond donors (Lipinski definition) is 2. The van der Waals surface area contributed by atoms with Crippen LogP contribution in [0.15, 0.2) is 0 Å². The minimum Gasteiger partial charge on any atom is -0.352 e. The highest BCUT2D eigenvalue weighted by Crippen LogP contribution is 2.39. The normalized spacial score (nSPS) is 34.9. The standard InChI is InChI=1S/C12H19F3N2OS/c13-12(14,15)19-6-10(18)17-11-7-2-1-3-8(11)5-9(16)4-7/h7-9,11H,1-6,16H2,(H,17,18). The second-order valence-corrected chi connectivity index (χ2v) is 6.55. The molecule has 2 saturated carbocycles. The number of alkyl halides is 3. The smallest absolute Gasteiger partial charge is 0.352 e. The predicted molar refractivity (Wildman–Crippen MR) is 68.5 cm³/mol. The number of rotatable bonds is 3. The molecule has 2 unspecified atom stereocenters. The number of fused-ring (bicyclic) bond motifs is 2. The summed E-state index contributed by atoms with van der Waals surface area (Å²) in [5.41, 5.74) is 1.62. The molecule has 0 heterocycles. The first-order valence-corrected chi connectivity index (χ1v) is 7.59. The van der Waals surface area contributed by atoms with Gasteiger partial charge in [0.1, 0.15) is 0 Å². The maximum Gasteiger partial charge on any atom is 0.442 e. The van der Waals surface area contributed by atoms with Crippen molar-refractivity contribution in [3.05, 3.63) is 0 Å². The summed E-state index contributed by atoms with van der Waals surface area (Å²) in [5.74, 6) is -0.393. The van der Waals surface area contributed by atoms with Gasteiger partial charge in [0.05, 0.1) is 5.75 Å². The fourth-order valence-corrected chi connectivity index (χ4v) is 3.78. The van der Waals surface area contributed by atoms with Crippen LogP contribution in [0.25, 0.3) is 0 Å². The predicted octanol–water partition coefficient (Wildman–Crippen LogP) is 2.26. The summed E-state index contributed by atoms with van der Waals surface area (Å²) < 4.78 is 36.1. The molecule has 2 rings (SSSR count). The molecule has 0 aromatic rings. The molecule has 1 amide bonds. The Labute approximate surface area is 114 Å². The molecule has 2 bridgehead atoms. The minimum absolute atomic E-state index is 0.0230. The Bertz CT molecular complexity index is 323. The molecule has 3 nitrogen and oxygen atoms in total. The molecular weight excluding hydrogens is 277 g/mol. The Kier molecular flexibility index (Phi) is 4.66. The first-order chi connectivity index (χ1) is 8.85. The average molecular weight is 296 g/mol. The molecular formula is C12H19F3N2OS. The monoisotopic (exact) mass is 296 g/mol. The molecule has 2 fully saturated rings. The molecule has 110 valence electrons. The van der Waals surface area contributed by atoms with Crippen molar-refractivity contribution in [1.82, 2.24) is 5.32 Å². The first kappa shape index (κ1) is 15.0. The lowest BCUT2D eigenvalue weighted by molar-refractivity contribution is -0.121. The van der Waals surface area contributed by atoms with Gasteiger partial charge in [0.2, 0.25) is 5.91 Å². The third kappa shape index (κ3) is 4.27. The third-order valence-electron chi connectivity index (χ3n) is 4.07. The summed E-state index contributed by atoms with van der Waals surface area (Å²) in [7, 11) is 0. The number of nitrogens with one attached hydrogen (secondary N) is 1. The molecule has 0 aliphatic heterocycles. The van der Waals surface area contributed by atoms with Crippen molar-refractivity contribution in [3.8, 4) is 0 Å². The number of hydrogen-bond acceptors (Lipinski definition) is 3. The highest BCUT2D eigenvalue weighted by Gasteiger charge is 2.40. The van der Waals surface area contributed by atoms with Crippen LogP contribution < -0.4 is 11.1 Å². The van der Waals surface area contributed by atoms with E-state index in [1.54, 1.807) is 0 Å². The maximum absolute atomic E-state index is 12.0. The molecule has 3 N–H and O–H groups in total. The Hall–Kier alpha value is -0.430. The van der Waals surface area contributed by atoms with Crippen LogP contribution in [-0.4, -0.2) is 29.3 Å². The Morgan fingerprint density at radius 3 is 2.37 bits per heavy atom. The van der Waals surface area contributed by atoms with Crippen LogP contribution >= 0.6 is 11.8 Å². The topological polar surface area (TPSA) is 55.1 Å². The van der Waals surface area contributed by atoms with Gasteiger partial charge < -0.3 is 11.1 Å². The summed E-state index contributed by atoms with van der Waals surface area (Å²) in [6.07, 6.45) is 4.90. The lowest BCUT2D eigenvalue weighted by Crippen LogP contribution is -2.54. The second kappa shape index (κ2) is 5.91. The Morgan fingerprint density at radius 2 is 1.84 bits per heavy atom. The average Bonchev–Trinajstić information content (AvgIpc) is 2.27. The molecule has 0 spiro atoms. The summed E-state index contributed by atoms with van der Waals surface area (Å²) in [4.78, 5) is 11.6. The maximum atomic E-state index is 12.0. The lowest BCUT2D eigenvalue weighted by atomic mass is 9.67. The third-order valence-corrected chi connectivity index (χ3v) is 4.80. The van der Waals surface area contributed by atoms with Crippen molar-refractivity contribution >= 4 is 17.7 Å². The van der Waals surface area contributed by atoms with Crippen LogP contribution in [0.2, 0.25) is 0 Å². The fraction of sp³-hybridized carbons (Fsp3) is 0.917. The molecule has 2 aliphatic carbocycles. The summed E-state index contributed by atoms with van der Waals surface area (Å²) in [6, 6.07) is 0.197. The van der Waals surface area contributed by atoms with Crippen molar-refractivity contribution in [2.75, 3.05) is 5.75 Å². The first-order valence-electron chi connectivity index (χ1n) is 6.61. The number of carbonyl (C=O) groups excluding carboxylic acids is 1.